The predicted molar refractivity (Wildman–Crippen MR) is 64.3 cm³/mol. The zero-order chi connectivity index (χ0) is 14.8. The van der Waals surface area contributed by atoms with Crippen LogP contribution in [0.3, 0.4) is 0 Å². The summed E-state index contributed by atoms with van der Waals surface area (Å²) < 4.78 is 43.0. The summed E-state index contributed by atoms with van der Waals surface area (Å²) in [5, 5.41) is 11.7. The summed E-state index contributed by atoms with van der Waals surface area (Å²) in [6.45, 7) is 0.239. The molecule has 0 radical (unpaired) electrons. The second-order valence-electron chi connectivity index (χ2n) is 5.09. The molecule has 7 heteroatoms. The Morgan fingerprint density at radius 1 is 1.45 bits per heavy atom. The van der Waals surface area contributed by atoms with E-state index in [0.29, 0.717) is 18.6 Å². The van der Waals surface area contributed by atoms with Gasteiger partial charge in [0, 0.05) is 6.04 Å². The van der Waals surface area contributed by atoms with Crippen molar-refractivity contribution in [2.75, 3.05) is 0 Å². The fraction of sp³-hybridized carbons (Fsp3) is 0.615. The van der Waals surface area contributed by atoms with Crippen molar-refractivity contribution in [1.29, 1.82) is 0 Å². The normalized spacial score (nSPS) is 23.8. The van der Waals surface area contributed by atoms with Gasteiger partial charge in [0.05, 0.1) is 18.0 Å². The molecular formula is C13H16F3NO3. The zero-order valence-electron chi connectivity index (χ0n) is 10.7. The van der Waals surface area contributed by atoms with Gasteiger partial charge in [-0.3, -0.25) is 0 Å². The maximum Gasteiger partial charge on any atom is 0.391 e. The Morgan fingerprint density at radius 2 is 2.20 bits per heavy atom. The number of nitrogens with one attached hydrogen (secondary N) is 1. The molecule has 1 fully saturated rings. The van der Waals surface area contributed by atoms with Gasteiger partial charge in [0.25, 0.3) is 0 Å². The van der Waals surface area contributed by atoms with E-state index in [4.69, 9.17) is 9.52 Å². The fourth-order valence-electron chi connectivity index (χ4n) is 2.50. The lowest BCUT2D eigenvalue weighted by Gasteiger charge is -2.30. The second kappa shape index (κ2) is 5.87. The number of furan rings is 1. The number of alkyl halides is 3. The highest BCUT2D eigenvalue weighted by atomic mass is 19.4. The van der Waals surface area contributed by atoms with Crippen molar-refractivity contribution < 1.29 is 27.5 Å². The van der Waals surface area contributed by atoms with Crippen LogP contribution in [-0.2, 0) is 6.54 Å². The molecule has 112 valence electrons. The average Bonchev–Trinajstić information content (AvgIpc) is 2.85. The first kappa shape index (κ1) is 14.9. The molecule has 2 unspecified atom stereocenters. The molecule has 0 aliphatic heterocycles. The molecule has 1 saturated carbocycles. The minimum Gasteiger partial charge on any atom is -0.478 e. The summed E-state index contributed by atoms with van der Waals surface area (Å²) in [6, 6.07) is 1.16. The van der Waals surface area contributed by atoms with Gasteiger partial charge in [-0.25, -0.2) is 4.79 Å². The number of halogens is 3. The predicted octanol–water partition coefficient (Wildman–Crippen LogP) is 3.19. The summed E-state index contributed by atoms with van der Waals surface area (Å²) in [5.41, 5.74) is 0.0404. The lowest BCUT2D eigenvalue weighted by atomic mass is 9.85. The molecule has 1 aromatic heterocycles. The molecule has 2 N–H and O–H groups in total. The van der Waals surface area contributed by atoms with Crippen molar-refractivity contribution >= 4 is 5.97 Å². The summed E-state index contributed by atoms with van der Waals surface area (Å²) in [7, 11) is 0. The van der Waals surface area contributed by atoms with E-state index in [0.717, 1.165) is 6.26 Å². The molecular weight excluding hydrogens is 275 g/mol. The average molecular weight is 291 g/mol. The van der Waals surface area contributed by atoms with Gasteiger partial charge in [-0.05, 0) is 25.3 Å². The molecule has 2 rings (SSSR count). The van der Waals surface area contributed by atoms with Crippen molar-refractivity contribution in [1.82, 2.24) is 5.32 Å². The summed E-state index contributed by atoms with van der Waals surface area (Å²) in [5.74, 6) is -1.92. The highest BCUT2D eigenvalue weighted by Crippen LogP contribution is 2.37. The smallest absolute Gasteiger partial charge is 0.391 e. The summed E-state index contributed by atoms with van der Waals surface area (Å²) >= 11 is 0. The summed E-state index contributed by atoms with van der Waals surface area (Å²) in [4.78, 5) is 10.7. The number of carboxylic acid groups (broad SMARTS) is 1. The second-order valence-corrected chi connectivity index (χ2v) is 5.09. The van der Waals surface area contributed by atoms with E-state index in [1.165, 1.54) is 6.07 Å². The molecule has 0 bridgehead atoms. The standard InChI is InChI=1S/C13H16F3NO3/c14-13(15,16)9-2-1-3-10(5-9)17-6-11-4-8(7-20-11)12(18)19/h4,7,9-10,17H,1-3,5-6H2,(H,18,19). The van der Waals surface area contributed by atoms with E-state index in [9.17, 15) is 18.0 Å². The quantitative estimate of drug-likeness (QED) is 0.894. The van der Waals surface area contributed by atoms with Gasteiger partial charge >= 0.3 is 12.1 Å². The van der Waals surface area contributed by atoms with E-state index in [1.54, 1.807) is 0 Å². The van der Waals surface area contributed by atoms with Crippen LogP contribution in [0.5, 0.6) is 0 Å². The number of hydrogen-bond donors (Lipinski definition) is 2. The Bertz CT molecular complexity index is 470. The fourth-order valence-corrected chi connectivity index (χ4v) is 2.50. The van der Waals surface area contributed by atoms with Crippen LogP contribution in [0.15, 0.2) is 16.7 Å². The molecule has 2 atom stereocenters. The minimum atomic E-state index is -4.14. The molecule has 0 saturated heterocycles. The Morgan fingerprint density at radius 3 is 2.80 bits per heavy atom. The topological polar surface area (TPSA) is 62.5 Å². The van der Waals surface area contributed by atoms with Crippen molar-refractivity contribution in [3.05, 3.63) is 23.7 Å². The monoisotopic (exact) mass is 291 g/mol. The van der Waals surface area contributed by atoms with Gasteiger partial charge in [0.1, 0.15) is 12.0 Å². The van der Waals surface area contributed by atoms with Gasteiger partial charge in [-0.15, -0.1) is 0 Å². The SMILES string of the molecule is O=C(O)c1coc(CNC2CCCC(C(F)(F)F)C2)c1. The number of hydrogen-bond acceptors (Lipinski definition) is 3. The molecule has 0 aromatic carbocycles. The molecule has 1 aliphatic carbocycles. The lowest BCUT2D eigenvalue weighted by Crippen LogP contribution is -2.38. The molecule has 0 spiro atoms. The van der Waals surface area contributed by atoms with E-state index in [2.05, 4.69) is 5.32 Å². The van der Waals surface area contributed by atoms with Gasteiger partial charge in [-0.1, -0.05) is 6.42 Å². The van der Waals surface area contributed by atoms with Crippen LogP contribution in [0.25, 0.3) is 0 Å². The minimum absolute atomic E-state index is 0.0404. The van der Waals surface area contributed by atoms with Crippen LogP contribution in [0.1, 0.15) is 41.8 Å². The van der Waals surface area contributed by atoms with Gasteiger partial charge in [0.2, 0.25) is 0 Å². The number of rotatable bonds is 4. The maximum absolute atomic E-state index is 12.7. The van der Waals surface area contributed by atoms with E-state index >= 15 is 0 Å². The van der Waals surface area contributed by atoms with Crippen molar-refractivity contribution in [3.63, 3.8) is 0 Å². The maximum atomic E-state index is 12.7. The van der Waals surface area contributed by atoms with Gasteiger partial charge in [-0.2, -0.15) is 13.2 Å². The van der Waals surface area contributed by atoms with Gasteiger partial charge in [0.15, 0.2) is 0 Å². The van der Waals surface area contributed by atoms with Crippen LogP contribution < -0.4 is 5.32 Å². The van der Waals surface area contributed by atoms with Crippen molar-refractivity contribution in [2.45, 2.75) is 44.4 Å². The molecule has 4 nitrogen and oxygen atoms in total. The zero-order valence-corrected chi connectivity index (χ0v) is 10.7. The van der Waals surface area contributed by atoms with Crippen LogP contribution in [0.4, 0.5) is 13.2 Å². The third-order valence-electron chi connectivity index (χ3n) is 3.60. The Hall–Kier alpha value is -1.50. The molecule has 0 amide bonds. The third-order valence-corrected chi connectivity index (χ3v) is 3.60. The van der Waals surface area contributed by atoms with Crippen LogP contribution >= 0.6 is 0 Å². The number of carbonyl (C=O) groups is 1. The number of aromatic carboxylic acids is 1. The first-order valence-corrected chi connectivity index (χ1v) is 6.47. The van der Waals surface area contributed by atoms with Crippen molar-refractivity contribution in [2.24, 2.45) is 5.92 Å². The van der Waals surface area contributed by atoms with E-state index < -0.39 is 18.1 Å². The summed E-state index contributed by atoms with van der Waals surface area (Å²) in [6.07, 6.45) is -1.53. The number of carboxylic acids is 1. The van der Waals surface area contributed by atoms with E-state index in [1.807, 2.05) is 0 Å². The molecule has 1 aliphatic rings. The Kier molecular flexibility index (Phi) is 4.37. The molecule has 1 heterocycles. The molecule has 1 aromatic rings. The van der Waals surface area contributed by atoms with Crippen LogP contribution in [-0.4, -0.2) is 23.3 Å². The first-order chi connectivity index (χ1) is 9.36. The lowest BCUT2D eigenvalue weighted by molar-refractivity contribution is -0.183. The molecule has 20 heavy (non-hydrogen) atoms. The van der Waals surface area contributed by atoms with Crippen LogP contribution in [0.2, 0.25) is 0 Å². The third kappa shape index (κ3) is 3.75. The first-order valence-electron chi connectivity index (χ1n) is 6.47. The Balaban J connectivity index is 1.85. The van der Waals surface area contributed by atoms with Gasteiger partial charge < -0.3 is 14.8 Å². The Labute approximate surface area is 114 Å². The van der Waals surface area contributed by atoms with Crippen LogP contribution in [0, 0.1) is 5.92 Å². The van der Waals surface area contributed by atoms with Crippen molar-refractivity contribution in [3.8, 4) is 0 Å². The highest BCUT2D eigenvalue weighted by molar-refractivity contribution is 5.87. The highest BCUT2D eigenvalue weighted by Gasteiger charge is 2.42. The van der Waals surface area contributed by atoms with E-state index in [-0.39, 0.29) is 31.0 Å². The largest absolute Gasteiger partial charge is 0.478 e.